The summed E-state index contributed by atoms with van der Waals surface area (Å²) in [5.41, 5.74) is 1.29. The highest BCUT2D eigenvalue weighted by molar-refractivity contribution is 6.09. The summed E-state index contributed by atoms with van der Waals surface area (Å²) < 4.78 is 26.6. The van der Waals surface area contributed by atoms with Crippen LogP contribution in [0.1, 0.15) is 26.3 Å². The first-order chi connectivity index (χ1) is 15.6. The number of ketones is 1. The fourth-order valence-corrected chi connectivity index (χ4v) is 3.15. The van der Waals surface area contributed by atoms with Crippen LogP contribution in [0.15, 0.2) is 66.7 Å². The first-order valence-electron chi connectivity index (χ1n) is 9.74. The zero-order chi connectivity index (χ0) is 22.5. The lowest BCUT2D eigenvalue weighted by Gasteiger charge is -2.09. The molecule has 0 aliphatic carbocycles. The first kappa shape index (κ1) is 21.0. The third-order valence-electron chi connectivity index (χ3n) is 4.82. The molecule has 0 saturated heterocycles. The number of rotatable bonds is 7. The average Bonchev–Trinajstić information content (AvgIpc) is 3.30. The number of methoxy groups -OCH3 is 2. The molecule has 0 bridgehead atoms. The number of fused-ring (bicyclic) bond motifs is 1. The van der Waals surface area contributed by atoms with Crippen molar-refractivity contribution in [3.63, 3.8) is 0 Å². The Balaban J connectivity index is 1.53. The van der Waals surface area contributed by atoms with Crippen molar-refractivity contribution in [3.8, 4) is 28.7 Å². The van der Waals surface area contributed by atoms with Crippen LogP contribution in [0.2, 0.25) is 0 Å². The quantitative estimate of drug-likeness (QED) is 0.235. The highest BCUT2D eigenvalue weighted by Crippen LogP contribution is 2.33. The number of ether oxygens (including phenoxy) is 5. The van der Waals surface area contributed by atoms with E-state index in [1.165, 1.54) is 20.3 Å². The van der Waals surface area contributed by atoms with Gasteiger partial charge in [-0.25, -0.2) is 4.79 Å². The number of carbonyl (C=O) groups is 2. The smallest absolute Gasteiger partial charge is 0.343 e. The molecule has 3 aromatic carbocycles. The van der Waals surface area contributed by atoms with Gasteiger partial charge in [-0.15, -0.1) is 0 Å². The Morgan fingerprint density at radius 3 is 2.50 bits per heavy atom. The molecule has 0 amide bonds. The number of esters is 1. The largest absolute Gasteiger partial charge is 0.497 e. The van der Waals surface area contributed by atoms with Crippen molar-refractivity contribution in [1.29, 1.82) is 0 Å². The van der Waals surface area contributed by atoms with Crippen LogP contribution in [0.3, 0.4) is 0 Å². The predicted molar refractivity (Wildman–Crippen MR) is 117 cm³/mol. The van der Waals surface area contributed by atoms with Gasteiger partial charge >= 0.3 is 5.97 Å². The molecular formula is C25H20O7. The molecule has 7 heteroatoms. The predicted octanol–water partition coefficient (Wildman–Crippen LogP) is 4.55. The van der Waals surface area contributed by atoms with Gasteiger partial charge in [-0.3, -0.25) is 4.79 Å². The summed E-state index contributed by atoms with van der Waals surface area (Å²) in [4.78, 5) is 25.4. The van der Waals surface area contributed by atoms with Crippen molar-refractivity contribution in [3.05, 3.63) is 83.4 Å². The van der Waals surface area contributed by atoms with Gasteiger partial charge in [0.2, 0.25) is 6.79 Å². The van der Waals surface area contributed by atoms with Crippen LogP contribution in [0.4, 0.5) is 0 Å². The highest BCUT2D eigenvalue weighted by Gasteiger charge is 2.18. The van der Waals surface area contributed by atoms with E-state index in [2.05, 4.69) is 0 Å². The summed E-state index contributed by atoms with van der Waals surface area (Å²) in [6.45, 7) is 0.120. The Bertz CT molecular complexity index is 1200. The van der Waals surface area contributed by atoms with E-state index in [0.29, 0.717) is 45.4 Å². The molecule has 0 saturated carbocycles. The number of benzene rings is 3. The molecule has 1 aliphatic heterocycles. The van der Waals surface area contributed by atoms with E-state index in [9.17, 15) is 9.59 Å². The molecule has 0 radical (unpaired) electrons. The molecule has 0 unspecified atom stereocenters. The summed E-state index contributed by atoms with van der Waals surface area (Å²) in [6, 6.07) is 16.7. The molecule has 4 rings (SSSR count). The standard InChI is InChI=1S/C25H20O7/c1-28-18-9-10-19(23(14-18)29-2)20(26)11-7-16-5-3-4-6-21(16)32-25(27)17-8-12-22-24(13-17)31-15-30-22/h3-14H,15H2,1-2H3. The fraction of sp³-hybridized carbons (Fsp3) is 0.120. The Morgan fingerprint density at radius 2 is 1.69 bits per heavy atom. The van der Waals surface area contributed by atoms with Crippen LogP contribution in [0.25, 0.3) is 6.08 Å². The molecule has 0 spiro atoms. The van der Waals surface area contributed by atoms with E-state index in [-0.39, 0.29) is 12.6 Å². The van der Waals surface area contributed by atoms with Gasteiger partial charge in [0.05, 0.1) is 25.3 Å². The van der Waals surface area contributed by atoms with Crippen molar-refractivity contribution < 1.29 is 33.3 Å². The minimum Gasteiger partial charge on any atom is -0.497 e. The highest BCUT2D eigenvalue weighted by atomic mass is 16.7. The topological polar surface area (TPSA) is 80.3 Å². The van der Waals surface area contributed by atoms with Crippen molar-refractivity contribution in [2.75, 3.05) is 21.0 Å². The first-order valence-corrected chi connectivity index (χ1v) is 9.74. The van der Waals surface area contributed by atoms with Crippen LogP contribution in [0, 0.1) is 0 Å². The molecule has 0 atom stereocenters. The molecule has 162 valence electrons. The molecule has 7 nitrogen and oxygen atoms in total. The van der Waals surface area contributed by atoms with Gasteiger partial charge in [-0.2, -0.15) is 0 Å². The molecule has 3 aromatic rings. The van der Waals surface area contributed by atoms with Crippen molar-refractivity contribution in [2.24, 2.45) is 0 Å². The fourth-order valence-electron chi connectivity index (χ4n) is 3.15. The lowest BCUT2D eigenvalue weighted by molar-refractivity contribution is 0.0733. The van der Waals surface area contributed by atoms with Crippen molar-refractivity contribution in [2.45, 2.75) is 0 Å². The second kappa shape index (κ2) is 9.26. The summed E-state index contributed by atoms with van der Waals surface area (Å²) in [5, 5.41) is 0. The van der Waals surface area contributed by atoms with E-state index in [4.69, 9.17) is 23.7 Å². The molecule has 0 N–H and O–H groups in total. The normalized spacial score (nSPS) is 11.9. The maximum absolute atomic E-state index is 12.7. The van der Waals surface area contributed by atoms with Gasteiger partial charge in [0.15, 0.2) is 17.3 Å². The molecule has 0 fully saturated rings. The Labute approximate surface area is 184 Å². The van der Waals surface area contributed by atoms with Gasteiger partial charge in [-0.1, -0.05) is 18.2 Å². The minimum atomic E-state index is -0.549. The molecular weight excluding hydrogens is 412 g/mol. The minimum absolute atomic E-state index is 0.120. The second-order valence-corrected chi connectivity index (χ2v) is 6.76. The van der Waals surface area contributed by atoms with E-state index in [0.717, 1.165) is 0 Å². The number of allylic oxidation sites excluding steroid dienone is 1. The van der Waals surface area contributed by atoms with Gasteiger partial charge < -0.3 is 23.7 Å². The van der Waals surface area contributed by atoms with E-state index in [1.54, 1.807) is 66.7 Å². The van der Waals surface area contributed by atoms with E-state index in [1.807, 2.05) is 0 Å². The number of hydrogen-bond donors (Lipinski definition) is 0. The summed E-state index contributed by atoms with van der Waals surface area (Å²) in [6.07, 6.45) is 2.99. The van der Waals surface area contributed by atoms with E-state index < -0.39 is 5.97 Å². The zero-order valence-corrected chi connectivity index (χ0v) is 17.5. The third-order valence-corrected chi connectivity index (χ3v) is 4.82. The van der Waals surface area contributed by atoms with Crippen LogP contribution in [-0.4, -0.2) is 32.8 Å². The molecule has 1 aliphatic rings. The van der Waals surface area contributed by atoms with E-state index >= 15 is 0 Å². The molecule has 0 aromatic heterocycles. The van der Waals surface area contributed by atoms with Gasteiger partial charge in [-0.05, 0) is 48.6 Å². The Morgan fingerprint density at radius 1 is 0.875 bits per heavy atom. The molecule has 32 heavy (non-hydrogen) atoms. The van der Waals surface area contributed by atoms with Gasteiger partial charge in [0, 0.05) is 11.6 Å². The number of hydrogen-bond acceptors (Lipinski definition) is 7. The van der Waals surface area contributed by atoms with Gasteiger partial charge in [0.25, 0.3) is 0 Å². The number of para-hydroxylation sites is 1. The lowest BCUT2D eigenvalue weighted by atomic mass is 10.1. The van der Waals surface area contributed by atoms with Gasteiger partial charge in [0.1, 0.15) is 17.2 Å². The Hall–Kier alpha value is -4.26. The summed E-state index contributed by atoms with van der Waals surface area (Å²) >= 11 is 0. The Kier molecular flexibility index (Phi) is 6.07. The van der Waals surface area contributed by atoms with Crippen molar-refractivity contribution >= 4 is 17.8 Å². The second-order valence-electron chi connectivity index (χ2n) is 6.76. The van der Waals surface area contributed by atoms with Crippen molar-refractivity contribution in [1.82, 2.24) is 0 Å². The SMILES string of the molecule is COc1ccc(C(=O)C=Cc2ccccc2OC(=O)c2ccc3c(c2)OCO3)c(OC)c1. The maximum atomic E-state index is 12.7. The lowest BCUT2D eigenvalue weighted by Crippen LogP contribution is -2.09. The van der Waals surface area contributed by atoms with Crippen LogP contribution in [0.5, 0.6) is 28.7 Å². The maximum Gasteiger partial charge on any atom is 0.343 e. The molecule has 1 heterocycles. The van der Waals surface area contributed by atoms with Crippen LogP contribution >= 0.6 is 0 Å². The summed E-state index contributed by atoms with van der Waals surface area (Å²) in [5.74, 6) is 1.57. The zero-order valence-electron chi connectivity index (χ0n) is 17.5. The monoisotopic (exact) mass is 432 g/mol. The van der Waals surface area contributed by atoms with Crippen LogP contribution < -0.4 is 23.7 Å². The average molecular weight is 432 g/mol. The van der Waals surface area contributed by atoms with Crippen LogP contribution in [-0.2, 0) is 0 Å². The third kappa shape index (κ3) is 4.41. The summed E-state index contributed by atoms with van der Waals surface area (Å²) in [7, 11) is 3.03. The number of carbonyl (C=O) groups excluding carboxylic acids is 2.